The van der Waals surface area contributed by atoms with Crippen LogP contribution in [0, 0.1) is 0 Å². The fourth-order valence-electron chi connectivity index (χ4n) is 2.50. The summed E-state index contributed by atoms with van der Waals surface area (Å²) in [7, 11) is 0. The monoisotopic (exact) mass is 386 g/mol. The lowest BCUT2D eigenvalue weighted by atomic mass is 10.2. The lowest BCUT2D eigenvalue weighted by Gasteiger charge is -2.23. The smallest absolute Gasteiger partial charge is 0.265 e. The number of hydrogen-bond acceptors (Lipinski definition) is 7. The van der Waals surface area contributed by atoms with E-state index < -0.39 is 6.10 Å². The molecule has 0 saturated heterocycles. The Morgan fingerprint density at radius 3 is 3.15 bits per heavy atom. The fourth-order valence-corrected chi connectivity index (χ4v) is 4.08. The number of nitrogens with zero attached hydrogens (tertiary/aromatic N) is 2. The number of carbonyl (C=O) groups excluding carboxylic acids is 2. The van der Waals surface area contributed by atoms with Crippen LogP contribution in [0.5, 0.6) is 5.75 Å². The van der Waals surface area contributed by atoms with Crippen LogP contribution in [0.25, 0.3) is 10.2 Å². The van der Waals surface area contributed by atoms with E-state index in [0.29, 0.717) is 17.1 Å². The molecule has 3 aromatic rings. The fraction of sp³-hybridized carbons (Fsp3) is 0.176. The molecule has 0 saturated carbocycles. The molecule has 1 atom stereocenters. The zero-order valence-electron chi connectivity index (χ0n) is 13.7. The minimum absolute atomic E-state index is 0.159. The van der Waals surface area contributed by atoms with Gasteiger partial charge in [0.15, 0.2) is 6.10 Å². The van der Waals surface area contributed by atoms with Crippen LogP contribution in [-0.4, -0.2) is 33.6 Å². The Hall–Kier alpha value is -2.65. The number of anilines is 2. The minimum atomic E-state index is -0.527. The molecule has 0 bridgehead atoms. The van der Waals surface area contributed by atoms with E-state index in [4.69, 9.17) is 4.74 Å². The van der Waals surface area contributed by atoms with E-state index in [2.05, 4.69) is 20.6 Å². The maximum absolute atomic E-state index is 12.3. The molecule has 1 aromatic carbocycles. The van der Waals surface area contributed by atoms with Gasteiger partial charge in [-0.1, -0.05) is 11.8 Å². The number of thiophene rings is 1. The molecule has 132 valence electrons. The molecule has 2 aromatic heterocycles. The van der Waals surface area contributed by atoms with Gasteiger partial charge in [-0.05, 0) is 36.6 Å². The Morgan fingerprint density at radius 2 is 2.27 bits per heavy atom. The third-order valence-corrected chi connectivity index (χ3v) is 5.59. The lowest BCUT2D eigenvalue weighted by Crippen LogP contribution is -2.34. The molecule has 1 unspecified atom stereocenters. The number of rotatable bonds is 4. The number of benzene rings is 1. The first-order chi connectivity index (χ1) is 12.6. The van der Waals surface area contributed by atoms with Gasteiger partial charge in [0, 0.05) is 11.1 Å². The maximum Gasteiger partial charge on any atom is 0.265 e. The molecule has 0 spiro atoms. The average Bonchev–Trinajstić information content (AvgIpc) is 3.10. The highest BCUT2D eigenvalue weighted by Gasteiger charge is 2.23. The Balaban J connectivity index is 1.42. The van der Waals surface area contributed by atoms with Crippen LogP contribution in [0.2, 0.25) is 0 Å². The lowest BCUT2D eigenvalue weighted by molar-refractivity contribution is -0.122. The maximum atomic E-state index is 12.3. The number of nitrogens with one attached hydrogen (secondary N) is 2. The topological polar surface area (TPSA) is 93.2 Å². The highest BCUT2D eigenvalue weighted by atomic mass is 32.2. The Bertz CT molecular complexity index is 1000. The van der Waals surface area contributed by atoms with Crippen molar-refractivity contribution in [3.63, 3.8) is 0 Å². The van der Waals surface area contributed by atoms with E-state index in [9.17, 15) is 9.59 Å². The highest BCUT2D eigenvalue weighted by molar-refractivity contribution is 8.00. The molecule has 1 aliphatic heterocycles. The van der Waals surface area contributed by atoms with Crippen LogP contribution >= 0.6 is 23.1 Å². The zero-order valence-corrected chi connectivity index (χ0v) is 15.3. The van der Waals surface area contributed by atoms with Crippen molar-refractivity contribution in [1.29, 1.82) is 0 Å². The van der Waals surface area contributed by atoms with Gasteiger partial charge in [-0.25, -0.2) is 9.97 Å². The van der Waals surface area contributed by atoms with Crippen LogP contribution in [-0.2, 0) is 9.59 Å². The van der Waals surface area contributed by atoms with Crippen molar-refractivity contribution in [3.05, 3.63) is 36.0 Å². The molecular formula is C17H14N4O3S2. The van der Waals surface area contributed by atoms with Crippen LogP contribution in [0.1, 0.15) is 6.92 Å². The van der Waals surface area contributed by atoms with Gasteiger partial charge in [-0.3, -0.25) is 9.59 Å². The second kappa shape index (κ2) is 6.93. The molecule has 3 heterocycles. The second-order valence-corrected chi connectivity index (χ2v) is 7.47. The summed E-state index contributed by atoms with van der Waals surface area (Å²) in [6, 6.07) is 7.11. The Labute approximate surface area is 157 Å². The largest absolute Gasteiger partial charge is 0.479 e. The van der Waals surface area contributed by atoms with Gasteiger partial charge < -0.3 is 15.4 Å². The van der Waals surface area contributed by atoms with Gasteiger partial charge in [0.05, 0.1) is 11.4 Å². The molecular weight excluding hydrogens is 372 g/mol. The molecule has 26 heavy (non-hydrogen) atoms. The zero-order chi connectivity index (χ0) is 18.1. The summed E-state index contributed by atoms with van der Waals surface area (Å²) in [5, 5.41) is 9.28. The SMILES string of the molecule is CC1Oc2ccc(NC(=O)CSc3ncnc4sccc34)cc2NC1=O. The number of fused-ring (bicyclic) bond motifs is 2. The van der Waals surface area contributed by atoms with Crippen molar-refractivity contribution >= 4 is 56.5 Å². The molecule has 2 N–H and O–H groups in total. The van der Waals surface area contributed by atoms with Crippen molar-refractivity contribution in [3.8, 4) is 5.75 Å². The van der Waals surface area contributed by atoms with Crippen LogP contribution in [0.4, 0.5) is 11.4 Å². The van der Waals surface area contributed by atoms with Gasteiger partial charge in [0.2, 0.25) is 5.91 Å². The van der Waals surface area contributed by atoms with E-state index in [-0.39, 0.29) is 17.6 Å². The number of aromatic nitrogens is 2. The first-order valence-electron chi connectivity index (χ1n) is 7.82. The van der Waals surface area contributed by atoms with Gasteiger partial charge in [-0.15, -0.1) is 11.3 Å². The van der Waals surface area contributed by atoms with E-state index in [0.717, 1.165) is 15.2 Å². The van der Waals surface area contributed by atoms with E-state index >= 15 is 0 Å². The summed E-state index contributed by atoms with van der Waals surface area (Å²) in [5.41, 5.74) is 1.14. The van der Waals surface area contributed by atoms with Crippen molar-refractivity contribution < 1.29 is 14.3 Å². The number of carbonyl (C=O) groups is 2. The number of thioether (sulfide) groups is 1. The van der Waals surface area contributed by atoms with Crippen LogP contribution in [0.3, 0.4) is 0 Å². The summed E-state index contributed by atoms with van der Waals surface area (Å²) in [6.07, 6.45) is 0.979. The van der Waals surface area contributed by atoms with Crippen molar-refractivity contribution in [2.45, 2.75) is 18.1 Å². The Morgan fingerprint density at radius 1 is 1.38 bits per heavy atom. The highest BCUT2D eigenvalue weighted by Crippen LogP contribution is 2.32. The van der Waals surface area contributed by atoms with Gasteiger partial charge in [0.25, 0.3) is 5.91 Å². The molecule has 9 heteroatoms. The van der Waals surface area contributed by atoms with Crippen LogP contribution in [0.15, 0.2) is 41.0 Å². The first-order valence-corrected chi connectivity index (χ1v) is 9.69. The molecule has 4 rings (SSSR count). The summed E-state index contributed by atoms with van der Waals surface area (Å²) >= 11 is 2.90. The van der Waals surface area contributed by atoms with Crippen molar-refractivity contribution in [2.75, 3.05) is 16.4 Å². The quantitative estimate of drug-likeness (QED) is 0.529. The van der Waals surface area contributed by atoms with E-state index in [1.54, 1.807) is 36.5 Å². The third-order valence-electron chi connectivity index (χ3n) is 3.76. The predicted octanol–water partition coefficient (Wildman–Crippen LogP) is 3.14. The molecule has 0 fully saturated rings. The number of ether oxygens (including phenoxy) is 1. The van der Waals surface area contributed by atoms with E-state index in [1.165, 1.54) is 18.1 Å². The normalized spacial score (nSPS) is 15.9. The van der Waals surface area contributed by atoms with Crippen LogP contribution < -0.4 is 15.4 Å². The number of amides is 2. The van der Waals surface area contributed by atoms with Crippen molar-refractivity contribution in [2.24, 2.45) is 0 Å². The molecule has 1 aliphatic rings. The molecule has 2 amide bonds. The minimum Gasteiger partial charge on any atom is -0.479 e. The summed E-state index contributed by atoms with van der Waals surface area (Å²) in [4.78, 5) is 33.3. The first kappa shape index (κ1) is 16.8. The van der Waals surface area contributed by atoms with Crippen molar-refractivity contribution in [1.82, 2.24) is 9.97 Å². The molecule has 7 nitrogen and oxygen atoms in total. The summed E-state index contributed by atoms with van der Waals surface area (Å²) < 4.78 is 5.50. The van der Waals surface area contributed by atoms with Gasteiger partial charge in [0.1, 0.15) is 21.9 Å². The van der Waals surface area contributed by atoms with E-state index in [1.807, 2.05) is 11.4 Å². The predicted molar refractivity (Wildman–Crippen MR) is 102 cm³/mol. The standard InChI is InChI=1S/C17H14N4O3S2/c1-9-15(23)21-12-6-10(2-3-13(12)24-9)20-14(22)7-26-17-11-4-5-25-16(11)18-8-19-17/h2-6,8-9H,7H2,1H3,(H,20,22)(H,21,23). The third kappa shape index (κ3) is 3.35. The molecule has 0 radical (unpaired) electrons. The summed E-state index contributed by atoms with van der Waals surface area (Å²) in [6.45, 7) is 1.68. The average molecular weight is 386 g/mol. The Kier molecular flexibility index (Phi) is 4.48. The summed E-state index contributed by atoms with van der Waals surface area (Å²) in [5.74, 6) is 0.442. The molecule has 0 aliphatic carbocycles. The second-order valence-electron chi connectivity index (χ2n) is 5.62. The van der Waals surface area contributed by atoms with Gasteiger partial charge >= 0.3 is 0 Å². The van der Waals surface area contributed by atoms with Gasteiger partial charge in [-0.2, -0.15) is 0 Å². The number of hydrogen-bond donors (Lipinski definition) is 2.